The van der Waals surface area contributed by atoms with Gasteiger partial charge in [-0.2, -0.15) is 0 Å². The van der Waals surface area contributed by atoms with Gasteiger partial charge in [-0.25, -0.2) is 4.79 Å². The number of aromatic nitrogens is 1. The third-order valence-corrected chi connectivity index (χ3v) is 3.23. The largest absolute Gasteiger partial charge is 0.497 e. The van der Waals surface area contributed by atoms with Gasteiger partial charge in [-0.3, -0.25) is 0 Å². The molecule has 2 rings (SSSR count). The fourth-order valence-corrected chi connectivity index (χ4v) is 2.07. The Morgan fingerprint density at radius 1 is 1.20 bits per heavy atom. The highest BCUT2D eigenvalue weighted by atomic mass is 16.5. The highest BCUT2D eigenvalue weighted by Crippen LogP contribution is 2.29. The van der Waals surface area contributed by atoms with Crippen molar-refractivity contribution in [3.63, 3.8) is 0 Å². The molecule has 2 aromatic rings. The van der Waals surface area contributed by atoms with Crippen LogP contribution in [0.1, 0.15) is 30.2 Å². The lowest BCUT2D eigenvalue weighted by molar-refractivity contribution is 0.0601. The van der Waals surface area contributed by atoms with Crippen molar-refractivity contribution < 1.29 is 14.3 Å². The minimum Gasteiger partial charge on any atom is -0.497 e. The lowest BCUT2D eigenvalue weighted by atomic mass is 10.0. The summed E-state index contributed by atoms with van der Waals surface area (Å²) in [4.78, 5) is 11.9. The Morgan fingerprint density at radius 3 is 2.55 bits per heavy atom. The predicted octanol–water partition coefficient (Wildman–Crippen LogP) is 3.53. The molecule has 1 aromatic carbocycles. The quantitative estimate of drug-likeness (QED) is 0.800. The van der Waals surface area contributed by atoms with Crippen LogP contribution in [0, 0.1) is 0 Å². The molecule has 0 saturated heterocycles. The van der Waals surface area contributed by atoms with Crippen LogP contribution in [0.5, 0.6) is 5.75 Å². The van der Waals surface area contributed by atoms with Gasteiger partial charge in [0.1, 0.15) is 5.75 Å². The van der Waals surface area contributed by atoms with Crippen molar-refractivity contribution in [2.24, 2.45) is 0 Å². The van der Waals surface area contributed by atoms with Gasteiger partial charge in [0.05, 0.1) is 19.8 Å². The summed E-state index contributed by atoms with van der Waals surface area (Å²) >= 11 is 0. The Bertz CT molecular complexity index is 614. The number of hydrogen-bond donors (Lipinski definition) is 0. The Balaban J connectivity index is 2.55. The van der Waals surface area contributed by atoms with Crippen LogP contribution in [-0.4, -0.2) is 24.8 Å². The Labute approximate surface area is 118 Å². The number of nitrogens with zero attached hydrogens (tertiary/aromatic N) is 1. The summed E-state index contributed by atoms with van der Waals surface area (Å²) in [5.41, 5.74) is 2.35. The number of ether oxygens (including phenoxy) is 2. The summed E-state index contributed by atoms with van der Waals surface area (Å²) in [6.45, 7) is 4.13. The number of esters is 1. The number of benzene rings is 1. The zero-order valence-electron chi connectivity index (χ0n) is 12.2. The van der Waals surface area contributed by atoms with Crippen LogP contribution in [0.15, 0.2) is 36.7 Å². The summed E-state index contributed by atoms with van der Waals surface area (Å²) in [6.07, 6.45) is 3.79. The van der Waals surface area contributed by atoms with Gasteiger partial charge in [-0.1, -0.05) is 12.1 Å². The molecule has 0 aliphatic heterocycles. The van der Waals surface area contributed by atoms with E-state index in [0.29, 0.717) is 5.56 Å². The van der Waals surface area contributed by atoms with Gasteiger partial charge < -0.3 is 14.0 Å². The minimum atomic E-state index is -0.331. The van der Waals surface area contributed by atoms with Crippen LogP contribution < -0.4 is 4.74 Å². The standard InChI is InChI=1S/C16H19NO3/c1-11(2)17-9-14(15(10-17)16(18)20-4)12-6-5-7-13(8-12)19-3/h5-11H,1-4H3. The predicted molar refractivity (Wildman–Crippen MR) is 78.1 cm³/mol. The zero-order valence-corrected chi connectivity index (χ0v) is 12.2. The first-order chi connectivity index (χ1) is 9.56. The summed E-state index contributed by atoms with van der Waals surface area (Å²) in [6, 6.07) is 7.92. The van der Waals surface area contributed by atoms with Crippen molar-refractivity contribution in [3.8, 4) is 16.9 Å². The van der Waals surface area contributed by atoms with E-state index in [2.05, 4.69) is 13.8 Å². The Morgan fingerprint density at radius 2 is 1.95 bits per heavy atom. The first-order valence-electron chi connectivity index (χ1n) is 6.51. The van der Waals surface area contributed by atoms with E-state index < -0.39 is 0 Å². The first kappa shape index (κ1) is 14.2. The van der Waals surface area contributed by atoms with Gasteiger partial charge in [-0.05, 0) is 31.5 Å². The molecule has 1 heterocycles. The van der Waals surface area contributed by atoms with Crippen LogP contribution in [0.25, 0.3) is 11.1 Å². The number of methoxy groups -OCH3 is 2. The highest BCUT2D eigenvalue weighted by Gasteiger charge is 2.17. The first-order valence-corrected chi connectivity index (χ1v) is 6.51. The van der Waals surface area contributed by atoms with Gasteiger partial charge in [0.2, 0.25) is 0 Å². The summed E-state index contributed by atoms with van der Waals surface area (Å²) in [5.74, 6) is 0.429. The van der Waals surface area contributed by atoms with Crippen molar-refractivity contribution in [2.45, 2.75) is 19.9 Å². The maximum atomic E-state index is 11.9. The fourth-order valence-electron chi connectivity index (χ4n) is 2.07. The average Bonchev–Trinajstić information content (AvgIpc) is 2.92. The molecule has 0 aliphatic carbocycles. The maximum Gasteiger partial charge on any atom is 0.340 e. The summed E-state index contributed by atoms with van der Waals surface area (Å²) in [5, 5.41) is 0. The maximum absolute atomic E-state index is 11.9. The lowest BCUT2D eigenvalue weighted by Gasteiger charge is -2.06. The van der Waals surface area contributed by atoms with Gasteiger partial charge in [0.25, 0.3) is 0 Å². The smallest absolute Gasteiger partial charge is 0.340 e. The molecule has 0 fully saturated rings. The van der Waals surface area contributed by atoms with Gasteiger partial charge in [0.15, 0.2) is 0 Å². The van der Waals surface area contributed by atoms with Crippen LogP contribution in [0.4, 0.5) is 0 Å². The van der Waals surface area contributed by atoms with Crippen LogP contribution in [0.2, 0.25) is 0 Å². The molecule has 4 heteroatoms. The minimum absolute atomic E-state index is 0.276. The molecule has 0 atom stereocenters. The van der Waals surface area contributed by atoms with Crippen molar-refractivity contribution in [2.75, 3.05) is 14.2 Å². The fraction of sp³-hybridized carbons (Fsp3) is 0.312. The van der Waals surface area contributed by atoms with E-state index in [-0.39, 0.29) is 12.0 Å². The molecule has 0 radical (unpaired) electrons. The molecule has 4 nitrogen and oxygen atoms in total. The molecular formula is C16H19NO3. The van der Waals surface area contributed by atoms with E-state index >= 15 is 0 Å². The Kier molecular flexibility index (Phi) is 4.13. The molecular weight excluding hydrogens is 254 g/mol. The van der Waals surface area contributed by atoms with E-state index in [9.17, 15) is 4.79 Å². The number of carbonyl (C=O) groups is 1. The van der Waals surface area contributed by atoms with E-state index in [0.717, 1.165) is 16.9 Å². The van der Waals surface area contributed by atoms with Crippen LogP contribution in [0.3, 0.4) is 0 Å². The summed E-state index contributed by atoms with van der Waals surface area (Å²) in [7, 11) is 3.02. The zero-order chi connectivity index (χ0) is 14.7. The molecule has 0 bridgehead atoms. The van der Waals surface area contributed by atoms with E-state index in [1.165, 1.54) is 7.11 Å². The number of hydrogen-bond acceptors (Lipinski definition) is 3. The average molecular weight is 273 g/mol. The lowest BCUT2D eigenvalue weighted by Crippen LogP contribution is -2.02. The molecule has 0 saturated carbocycles. The molecule has 0 aliphatic rings. The highest BCUT2D eigenvalue weighted by molar-refractivity contribution is 5.97. The molecule has 0 spiro atoms. The monoisotopic (exact) mass is 273 g/mol. The van der Waals surface area contributed by atoms with E-state index in [1.54, 1.807) is 7.11 Å². The summed E-state index contributed by atoms with van der Waals surface area (Å²) < 4.78 is 12.1. The third kappa shape index (κ3) is 2.69. The second-order valence-corrected chi connectivity index (χ2v) is 4.85. The van der Waals surface area contributed by atoms with Gasteiger partial charge in [0, 0.05) is 24.0 Å². The molecule has 0 amide bonds. The van der Waals surface area contributed by atoms with Crippen molar-refractivity contribution in [1.82, 2.24) is 4.57 Å². The van der Waals surface area contributed by atoms with Gasteiger partial charge >= 0.3 is 5.97 Å². The second kappa shape index (κ2) is 5.82. The van der Waals surface area contributed by atoms with Crippen molar-refractivity contribution >= 4 is 5.97 Å². The third-order valence-electron chi connectivity index (χ3n) is 3.23. The van der Waals surface area contributed by atoms with E-state index in [4.69, 9.17) is 9.47 Å². The normalized spacial score (nSPS) is 10.7. The molecule has 0 N–H and O–H groups in total. The van der Waals surface area contributed by atoms with Crippen molar-refractivity contribution in [1.29, 1.82) is 0 Å². The van der Waals surface area contributed by atoms with Crippen LogP contribution >= 0.6 is 0 Å². The molecule has 106 valence electrons. The molecule has 20 heavy (non-hydrogen) atoms. The topological polar surface area (TPSA) is 40.5 Å². The number of rotatable bonds is 4. The van der Waals surface area contributed by atoms with E-state index in [1.807, 2.05) is 41.2 Å². The molecule has 0 unspecified atom stereocenters. The second-order valence-electron chi connectivity index (χ2n) is 4.85. The van der Waals surface area contributed by atoms with Crippen molar-refractivity contribution in [3.05, 3.63) is 42.2 Å². The Hall–Kier alpha value is -2.23. The van der Waals surface area contributed by atoms with Gasteiger partial charge in [-0.15, -0.1) is 0 Å². The number of carbonyl (C=O) groups excluding carboxylic acids is 1. The SMILES string of the molecule is COC(=O)c1cn(C(C)C)cc1-c1cccc(OC)c1. The molecule has 1 aromatic heterocycles. The van der Waals surface area contributed by atoms with Crippen LogP contribution in [-0.2, 0) is 4.74 Å².